The maximum atomic E-state index is 6.01. The summed E-state index contributed by atoms with van der Waals surface area (Å²) in [5.74, 6) is 1.57. The van der Waals surface area contributed by atoms with Crippen LogP contribution in [-0.2, 0) is 0 Å². The lowest BCUT2D eigenvalue weighted by Crippen LogP contribution is -2.30. The van der Waals surface area contributed by atoms with Crippen molar-refractivity contribution in [2.45, 2.75) is 12.1 Å². The Labute approximate surface area is 229 Å². The van der Waals surface area contributed by atoms with E-state index in [1.165, 1.54) is 0 Å². The minimum Gasteiger partial charge on any atom is -0.457 e. The lowest BCUT2D eigenvalue weighted by atomic mass is 10.0. The molecule has 6 rings (SSSR count). The Morgan fingerprint density at radius 2 is 1.57 bits per heavy atom. The molecule has 1 aliphatic rings. The summed E-state index contributed by atoms with van der Waals surface area (Å²) in [7, 11) is 0. The Morgan fingerprint density at radius 3 is 2.32 bits per heavy atom. The highest BCUT2D eigenvalue weighted by Gasteiger charge is 2.42. The second-order valence-electron chi connectivity index (χ2n) is 8.69. The van der Waals surface area contributed by atoms with E-state index in [9.17, 15) is 0 Å². The highest BCUT2D eigenvalue weighted by atomic mass is 79.9. The zero-order valence-corrected chi connectivity index (χ0v) is 22.1. The number of hydrogen-bond acceptors (Lipinski definition) is 3. The number of ether oxygens (including phenoxy) is 1. The molecule has 7 heteroatoms. The fourth-order valence-electron chi connectivity index (χ4n) is 4.73. The van der Waals surface area contributed by atoms with Crippen molar-refractivity contribution in [1.82, 2.24) is 14.9 Å². The van der Waals surface area contributed by atoms with Gasteiger partial charge in [0, 0.05) is 33.9 Å². The number of nitrogens with zero attached hydrogens (tertiary/aromatic N) is 3. The first-order valence-corrected chi connectivity index (χ1v) is 13.1. The molecule has 1 fully saturated rings. The standard InChI is InChI=1S/C30H23BrN4OS/c31-21-8-6-9-23(20-21)34-19-7-13-27(34)29-28(26-12-4-5-18-32-26)33-30(37)35(29)22-14-16-25(17-15-22)36-24-10-2-1-3-11-24/h1-20,28-29H,(H,33,37)/t28-,29+/m0/s1. The molecule has 182 valence electrons. The van der Waals surface area contributed by atoms with Gasteiger partial charge in [0.05, 0.1) is 11.7 Å². The number of aromatic nitrogens is 2. The molecule has 0 saturated carbocycles. The molecule has 5 aromatic rings. The van der Waals surface area contributed by atoms with Crippen molar-refractivity contribution in [2.24, 2.45) is 0 Å². The molecule has 5 nitrogen and oxygen atoms in total. The van der Waals surface area contributed by atoms with E-state index in [0.29, 0.717) is 5.11 Å². The summed E-state index contributed by atoms with van der Waals surface area (Å²) < 4.78 is 9.25. The number of halogens is 1. The number of anilines is 1. The first-order valence-electron chi connectivity index (χ1n) is 11.9. The third-order valence-electron chi connectivity index (χ3n) is 6.36. The maximum Gasteiger partial charge on any atom is 0.174 e. The second kappa shape index (κ2) is 10.2. The number of pyridine rings is 1. The summed E-state index contributed by atoms with van der Waals surface area (Å²) in [5.41, 5.74) is 4.08. The van der Waals surface area contributed by atoms with Crippen molar-refractivity contribution in [3.05, 3.63) is 137 Å². The molecule has 0 radical (unpaired) electrons. The molecule has 1 saturated heterocycles. The number of hydrogen-bond donors (Lipinski definition) is 1. The van der Waals surface area contributed by atoms with Crippen LogP contribution in [0.15, 0.2) is 126 Å². The number of rotatable bonds is 6. The first-order chi connectivity index (χ1) is 18.2. The van der Waals surface area contributed by atoms with Gasteiger partial charge >= 0.3 is 0 Å². The summed E-state index contributed by atoms with van der Waals surface area (Å²) >= 11 is 9.52. The Balaban J connectivity index is 1.41. The molecule has 37 heavy (non-hydrogen) atoms. The van der Waals surface area contributed by atoms with E-state index < -0.39 is 0 Å². The average molecular weight is 568 g/mol. The number of para-hydroxylation sites is 1. The predicted molar refractivity (Wildman–Crippen MR) is 154 cm³/mol. The molecule has 3 heterocycles. The Kier molecular flexibility index (Phi) is 6.47. The highest BCUT2D eigenvalue weighted by molar-refractivity contribution is 9.10. The third-order valence-corrected chi connectivity index (χ3v) is 7.17. The average Bonchev–Trinajstić information content (AvgIpc) is 3.55. The topological polar surface area (TPSA) is 42.3 Å². The van der Waals surface area contributed by atoms with Gasteiger partial charge in [-0.1, -0.05) is 46.3 Å². The summed E-state index contributed by atoms with van der Waals surface area (Å²) in [6.45, 7) is 0. The smallest absolute Gasteiger partial charge is 0.174 e. The first kappa shape index (κ1) is 23.5. The van der Waals surface area contributed by atoms with Gasteiger partial charge in [-0.25, -0.2) is 0 Å². The van der Waals surface area contributed by atoms with E-state index >= 15 is 0 Å². The van der Waals surface area contributed by atoms with E-state index in [1.54, 1.807) is 0 Å². The van der Waals surface area contributed by atoms with Crippen molar-refractivity contribution in [3.8, 4) is 17.2 Å². The molecule has 0 amide bonds. The minimum absolute atomic E-state index is 0.128. The van der Waals surface area contributed by atoms with Gasteiger partial charge in [0.15, 0.2) is 5.11 Å². The van der Waals surface area contributed by atoms with Gasteiger partial charge < -0.3 is 19.5 Å². The molecule has 0 spiro atoms. The number of benzene rings is 3. The maximum absolute atomic E-state index is 6.01. The Bertz CT molecular complexity index is 1520. The van der Waals surface area contributed by atoms with Crippen LogP contribution in [0, 0.1) is 0 Å². The molecule has 0 aliphatic carbocycles. The molecular formula is C30H23BrN4OS. The molecular weight excluding hydrogens is 544 g/mol. The molecule has 1 aliphatic heterocycles. The number of thiocarbonyl (C=S) groups is 1. The van der Waals surface area contributed by atoms with Gasteiger partial charge in [0.1, 0.15) is 17.5 Å². The van der Waals surface area contributed by atoms with Crippen LogP contribution < -0.4 is 15.0 Å². The van der Waals surface area contributed by atoms with Crippen LogP contribution in [0.1, 0.15) is 23.5 Å². The van der Waals surface area contributed by atoms with Crippen LogP contribution in [0.5, 0.6) is 11.5 Å². The number of nitrogens with one attached hydrogen (secondary N) is 1. The van der Waals surface area contributed by atoms with Crippen LogP contribution in [0.2, 0.25) is 0 Å². The normalized spacial score (nSPS) is 17.0. The molecule has 0 unspecified atom stereocenters. The van der Waals surface area contributed by atoms with Gasteiger partial charge in [-0.15, -0.1) is 0 Å². The predicted octanol–water partition coefficient (Wildman–Crippen LogP) is 7.60. The lowest BCUT2D eigenvalue weighted by molar-refractivity contribution is 0.482. The summed E-state index contributed by atoms with van der Waals surface area (Å²) in [5, 5.41) is 4.19. The van der Waals surface area contributed by atoms with E-state index in [4.69, 9.17) is 17.0 Å². The van der Waals surface area contributed by atoms with Gasteiger partial charge in [0.25, 0.3) is 0 Å². The van der Waals surface area contributed by atoms with Gasteiger partial charge in [-0.3, -0.25) is 4.98 Å². The van der Waals surface area contributed by atoms with Crippen molar-refractivity contribution in [1.29, 1.82) is 0 Å². The van der Waals surface area contributed by atoms with E-state index in [2.05, 4.69) is 66.2 Å². The lowest BCUT2D eigenvalue weighted by Gasteiger charge is -2.29. The fraction of sp³-hybridized carbons (Fsp3) is 0.0667. The minimum atomic E-state index is -0.130. The Hall–Kier alpha value is -3.94. The van der Waals surface area contributed by atoms with E-state index in [0.717, 1.165) is 38.7 Å². The van der Waals surface area contributed by atoms with Gasteiger partial charge in [-0.2, -0.15) is 0 Å². The summed E-state index contributed by atoms with van der Waals surface area (Å²) in [6.07, 6.45) is 3.91. The molecule has 0 bridgehead atoms. The molecule has 2 atom stereocenters. The quantitative estimate of drug-likeness (QED) is 0.214. The van der Waals surface area contributed by atoms with Crippen molar-refractivity contribution >= 4 is 38.9 Å². The zero-order valence-electron chi connectivity index (χ0n) is 19.7. The largest absolute Gasteiger partial charge is 0.457 e. The van der Waals surface area contributed by atoms with E-state index in [1.807, 2.05) is 91.1 Å². The second-order valence-corrected chi connectivity index (χ2v) is 9.99. The zero-order chi connectivity index (χ0) is 25.2. The molecule has 1 N–H and O–H groups in total. The van der Waals surface area contributed by atoms with Gasteiger partial charge in [-0.05, 0) is 91.1 Å². The molecule has 3 aromatic carbocycles. The van der Waals surface area contributed by atoms with Crippen molar-refractivity contribution in [2.75, 3.05) is 4.90 Å². The van der Waals surface area contributed by atoms with Gasteiger partial charge in [0.2, 0.25) is 0 Å². The summed E-state index contributed by atoms with van der Waals surface area (Å²) in [4.78, 5) is 6.85. The van der Waals surface area contributed by atoms with Crippen LogP contribution in [-0.4, -0.2) is 14.7 Å². The van der Waals surface area contributed by atoms with Crippen LogP contribution in [0.25, 0.3) is 5.69 Å². The van der Waals surface area contributed by atoms with Crippen molar-refractivity contribution < 1.29 is 4.74 Å². The fourth-order valence-corrected chi connectivity index (χ4v) is 5.46. The van der Waals surface area contributed by atoms with Crippen LogP contribution >= 0.6 is 28.1 Å². The van der Waals surface area contributed by atoms with Crippen LogP contribution in [0.3, 0.4) is 0 Å². The van der Waals surface area contributed by atoms with E-state index in [-0.39, 0.29) is 12.1 Å². The van der Waals surface area contributed by atoms with Crippen molar-refractivity contribution in [3.63, 3.8) is 0 Å². The third kappa shape index (κ3) is 4.75. The monoisotopic (exact) mass is 566 g/mol. The van der Waals surface area contributed by atoms with Crippen LogP contribution in [0.4, 0.5) is 5.69 Å². The highest BCUT2D eigenvalue weighted by Crippen LogP contribution is 2.42. The summed E-state index contributed by atoms with van der Waals surface area (Å²) in [6, 6.07) is 36.0. The molecule has 2 aromatic heterocycles. The Morgan fingerprint density at radius 1 is 0.784 bits per heavy atom. The SMILES string of the molecule is S=C1N[C@@H](c2ccccn2)[C@@H](c2cccn2-c2cccc(Br)c2)N1c1ccc(Oc2ccccc2)cc1.